The number of nitrogens with one attached hydrogen (secondary N) is 1. The Balaban J connectivity index is 2.58. The Morgan fingerprint density at radius 1 is 1.67 bits per heavy atom. The minimum atomic E-state index is 0.0149. The number of nitrogens with two attached hydrogens (primary N) is 1. The Kier molecular flexibility index (Phi) is 2.88. The number of hydrogen-bond donors (Lipinski definition) is 3. The summed E-state index contributed by atoms with van der Waals surface area (Å²) in [5.74, 6) is 0.728. The van der Waals surface area contributed by atoms with Crippen LogP contribution in [0.3, 0.4) is 0 Å². The van der Waals surface area contributed by atoms with Gasteiger partial charge in [-0.3, -0.25) is 0 Å². The third-order valence-corrected chi connectivity index (χ3v) is 1.45. The van der Waals surface area contributed by atoms with Gasteiger partial charge in [0.25, 0.3) is 0 Å². The molecule has 66 valence electrons. The molecule has 1 unspecified atom stereocenters. The van der Waals surface area contributed by atoms with Gasteiger partial charge < -0.3 is 16.2 Å². The van der Waals surface area contributed by atoms with E-state index in [1.54, 1.807) is 18.3 Å². The first kappa shape index (κ1) is 8.80. The van der Waals surface area contributed by atoms with Gasteiger partial charge in [0, 0.05) is 6.04 Å². The van der Waals surface area contributed by atoms with Crippen molar-refractivity contribution in [2.45, 2.75) is 13.0 Å². The van der Waals surface area contributed by atoms with Gasteiger partial charge in [-0.15, -0.1) is 0 Å². The monoisotopic (exact) mass is 167 g/mol. The van der Waals surface area contributed by atoms with Crippen LogP contribution < -0.4 is 11.1 Å². The molecule has 4 heteroatoms. The molecule has 0 aliphatic carbocycles. The van der Waals surface area contributed by atoms with Gasteiger partial charge in [0.15, 0.2) is 0 Å². The lowest BCUT2D eigenvalue weighted by Crippen LogP contribution is -2.19. The molecule has 12 heavy (non-hydrogen) atoms. The number of aliphatic hydroxyl groups excluding tert-OH is 1. The second kappa shape index (κ2) is 3.92. The molecule has 4 nitrogen and oxygen atoms in total. The van der Waals surface area contributed by atoms with Crippen molar-refractivity contribution in [2.24, 2.45) is 0 Å². The zero-order valence-electron chi connectivity index (χ0n) is 6.99. The molecule has 0 aromatic carbocycles. The van der Waals surface area contributed by atoms with Gasteiger partial charge in [-0.05, 0) is 19.1 Å². The summed E-state index contributed by atoms with van der Waals surface area (Å²) in [5, 5.41) is 11.7. The fourth-order valence-corrected chi connectivity index (χ4v) is 0.789. The third kappa shape index (κ3) is 2.39. The summed E-state index contributed by atoms with van der Waals surface area (Å²) in [6.07, 6.45) is 1.58. The quantitative estimate of drug-likeness (QED) is 0.611. The molecule has 0 aliphatic heterocycles. The lowest BCUT2D eigenvalue weighted by molar-refractivity contribution is 0.281. The summed E-state index contributed by atoms with van der Waals surface area (Å²) in [7, 11) is 0. The number of nitrogens with zero attached hydrogens (tertiary/aromatic N) is 1. The smallest absolute Gasteiger partial charge is 0.126 e. The van der Waals surface area contributed by atoms with E-state index in [0.717, 1.165) is 5.82 Å². The Morgan fingerprint density at radius 3 is 2.92 bits per heavy atom. The van der Waals surface area contributed by atoms with E-state index in [-0.39, 0.29) is 12.6 Å². The highest BCUT2D eigenvalue weighted by Crippen LogP contribution is 2.06. The van der Waals surface area contributed by atoms with E-state index in [2.05, 4.69) is 10.3 Å². The highest BCUT2D eigenvalue weighted by molar-refractivity contribution is 5.44. The van der Waals surface area contributed by atoms with Gasteiger partial charge in [0.2, 0.25) is 0 Å². The first-order chi connectivity index (χ1) is 5.72. The molecule has 1 aromatic heterocycles. The van der Waals surface area contributed by atoms with Crippen molar-refractivity contribution in [3.05, 3.63) is 18.3 Å². The Morgan fingerprint density at radius 2 is 2.42 bits per heavy atom. The summed E-state index contributed by atoms with van der Waals surface area (Å²) < 4.78 is 0. The van der Waals surface area contributed by atoms with Crippen LogP contribution in [-0.4, -0.2) is 22.7 Å². The molecule has 4 N–H and O–H groups in total. The molecule has 0 saturated carbocycles. The normalized spacial score (nSPS) is 12.5. The summed E-state index contributed by atoms with van der Waals surface area (Å²) >= 11 is 0. The molecular weight excluding hydrogens is 154 g/mol. The molecule has 0 bridgehead atoms. The van der Waals surface area contributed by atoms with Crippen LogP contribution in [0.25, 0.3) is 0 Å². The van der Waals surface area contributed by atoms with Crippen molar-refractivity contribution in [3.8, 4) is 0 Å². The summed E-state index contributed by atoms with van der Waals surface area (Å²) in [4.78, 5) is 4.02. The standard InChI is InChI=1S/C8H13N3O/c1-6(5-12)11-8-3-2-7(9)4-10-8/h2-4,6,12H,5,9H2,1H3,(H,10,11). The van der Waals surface area contributed by atoms with Crippen molar-refractivity contribution in [3.63, 3.8) is 0 Å². The molecule has 0 spiro atoms. The van der Waals surface area contributed by atoms with Crippen LogP contribution in [0.1, 0.15) is 6.92 Å². The maximum Gasteiger partial charge on any atom is 0.126 e. The van der Waals surface area contributed by atoms with Crippen LogP contribution in [0.4, 0.5) is 11.5 Å². The zero-order chi connectivity index (χ0) is 8.97. The van der Waals surface area contributed by atoms with Gasteiger partial charge in [0.1, 0.15) is 5.82 Å². The molecule has 0 saturated heterocycles. The Hall–Kier alpha value is -1.29. The van der Waals surface area contributed by atoms with Crippen LogP contribution in [-0.2, 0) is 0 Å². The largest absolute Gasteiger partial charge is 0.397 e. The first-order valence-corrected chi connectivity index (χ1v) is 3.81. The molecule has 1 aromatic rings. The Bertz CT molecular complexity index is 235. The van der Waals surface area contributed by atoms with Crippen molar-refractivity contribution in [1.29, 1.82) is 0 Å². The first-order valence-electron chi connectivity index (χ1n) is 3.81. The van der Waals surface area contributed by atoms with E-state index in [1.807, 2.05) is 6.92 Å². The SMILES string of the molecule is CC(CO)Nc1ccc(N)cn1. The number of aromatic nitrogens is 1. The van der Waals surface area contributed by atoms with E-state index in [4.69, 9.17) is 10.8 Å². The van der Waals surface area contributed by atoms with Gasteiger partial charge in [-0.25, -0.2) is 4.98 Å². The number of nitrogen functional groups attached to an aromatic ring is 1. The van der Waals surface area contributed by atoms with Crippen LogP contribution in [0.5, 0.6) is 0 Å². The number of anilines is 2. The van der Waals surface area contributed by atoms with Crippen LogP contribution in [0.15, 0.2) is 18.3 Å². The van der Waals surface area contributed by atoms with Gasteiger partial charge in [-0.2, -0.15) is 0 Å². The van der Waals surface area contributed by atoms with Crippen molar-refractivity contribution >= 4 is 11.5 Å². The van der Waals surface area contributed by atoms with Gasteiger partial charge >= 0.3 is 0 Å². The highest BCUT2D eigenvalue weighted by Gasteiger charge is 1.99. The number of pyridine rings is 1. The maximum absolute atomic E-state index is 8.74. The molecule has 1 atom stereocenters. The average Bonchev–Trinajstić information content (AvgIpc) is 2.09. The van der Waals surface area contributed by atoms with Crippen molar-refractivity contribution in [1.82, 2.24) is 4.98 Å². The molecule has 0 fully saturated rings. The maximum atomic E-state index is 8.74. The second-order valence-electron chi connectivity index (χ2n) is 2.70. The molecule has 1 rings (SSSR count). The lowest BCUT2D eigenvalue weighted by Gasteiger charge is -2.10. The van der Waals surface area contributed by atoms with E-state index in [1.165, 1.54) is 0 Å². The minimum absolute atomic E-state index is 0.0149. The van der Waals surface area contributed by atoms with E-state index in [0.29, 0.717) is 5.69 Å². The minimum Gasteiger partial charge on any atom is -0.397 e. The predicted molar refractivity (Wildman–Crippen MR) is 48.8 cm³/mol. The summed E-state index contributed by atoms with van der Waals surface area (Å²) in [5.41, 5.74) is 6.09. The number of rotatable bonds is 3. The van der Waals surface area contributed by atoms with Gasteiger partial charge in [0.05, 0.1) is 18.5 Å². The fraction of sp³-hybridized carbons (Fsp3) is 0.375. The molecular formula is C8H13N3O. The zero-order valence-corrected chi connectivity index (χ0v) is 6.99. The van der Waals surface area contributed by atoms with Crippen molar-refractivity contribution in [2.75, 3.05) is 17.7 Å². The van der Waals surface area contributed by atoms with Crippen LogP contribution in [0, 0.1) is 0 Å². The summed E-state index contributed by atoms with van der Waals surface area (Å²) in [6.45, 7) is 1.96. The Labute approximate surface area is 71.4 Å². The second-order valence-corrected chi connectivity index (χ2v) is 2.70. The van der Waals surface area contributed by atoms with Crippen LogP contribution >= 0.6 is 0 Å². The van der Waals surface area contributed by atoms with E-state index < -0.39 is 0 Å². The summed E-state index contributed by atoms with van der Waals surface area (Å²) in [6, 6.07) is 3.56. The highest BCUT2D eigenvalue weighted by atomic mass is 16.3. The predicted octanol–water partition coefficient (Wildman–Crippen LogP) is 0.457. The molecule has 0 radical (unpaired) electrons. The fourth-order valence-electron chi connectivity index (χ4n) is 0.789. The topological polar surface area (TPSA) is 71.2 Å². The average molecular weight is 167 g/mol. The van der Waals surface area contributed by atoms with Crippen molar-refractivity contribution < 1.29 is 5.11 Å². The van der Waals surface area contributed by atoms with Crippen LogP contribution in [0.2, 0.25) is 0 Å². The molecule has 1 heterocycles. The third-order valence-electron chi connectivity index (χ3n) is 1.45. The van der Waals surface area contributed by atoms with E-state index in [9.17, 15) is 0 Å². The lowest BCUT2D eigenvalue weighted by atomic mass is 10.3. The van der Waals surface area contributed by atoms with Gasteiger partial charge in [-0.1, -0.05) is 0 Å². The van der Waals surface area contributed by atoms with E-state index >= 15 is 0 Å². The molecule has 0 aliphatic rings. The number of hydrogen-bond acceptors (Lipinski definition) is 4. The number of aliphatic hydroxyl groups is 1. The molecule has 0 amide bonds.